The maximum atomic E-state index is 8.93. The van der Waals surface area contributed by atoms with Crippen LogP contribution in [0, 0.1) is 5.92 Å². The van der Waals surface area contributed by atoms with Gasteiger partial charge in [0.15, 0.2) is 0 Å². The zero-order valence-corrected chi connectivity index (χ0v) is 17.2. The van der Waals surface area contributed by atoms with Crippen LogP contribution in [0.5, 0.6) is 0 Å². The Kier molecular flexibility index (Phi) is 10.1. The van der Waals surface area contributed by atoms with Crippen LogP contribution in [-0.4, -0.2) is 11.7 Å². The SMILES string of the molecule is C=CC(C=C(C)C=Cc1ccccc1)CCC1=CCC=C(CCCCO)C=C1. The molecule has 0 spiro atoms. The van der Waals surface area contributed by atoms with Crippen LogP contribution in [0.25, 0.3) is 6.08 Å². The molecule has 0 saturated heterocycles. The van der Waals surface area contributed by atoms with Crippen molar-refractivity contribution < 1.29 is 5.11 Å². The van der Waals surface area contributed by atoms with E-state index in [4.69, 9.17) is 5.11 Å². The van der Waals surface area contributed by atoms with Gasteiger partial charge in [-0.3, -0.25) is 0 Å². The molecule has 0 radical (unpaired) electrons. The molecule has 1 aromatic carbocycles. The molecule has 1 N–H and O–H groups in total. The van der Waals surface area contributed by atoms with E-state index in [-0.39, 0.29) is 6.61 Å². The molecule has 148 valence electrons. The fourth-order valence-corrected chi connectivity index (χ4v) is 3.31. The van der Waals surface area contributed by atoms with Crippen molar-refractivity contribution >= 4 is 6.08 Å². The van der Waals surface area contributed by atoms with E-state index in [2.05, 4.69) is 86.4 Å². The Bertz CT molecular complexity index is 744. The molecule has 1 atom stereocenters. The highest BCUT2D eigenvalue weighted by Gasteiger charge is 2.04. The quantitative estimate of drug-likeness (QED) is 0.246. The number of benzene rings is 1. The second-order valence-electron chi connectivity index (χ2n) is 7.40. The second-order valence-corrected chi connectivity index (χ2v) is 7.40. The minimum atomic E-state index is 0.289. The van der Waals surface area contributed by atoms with E-state index in [1.54, 1.807) is 0 Å². The number of hydrogen-bond donors (Lipinski definition) is 1. The number of aliphatic hydroxyl groups is 1. The number of hydrogen-bond acceptors (Lipinski definition) is 1. The van der Waals surface area contributed by atoms with Gasteiger partial charge in [-0.25, -0.2) is 0 Å². The van der Waals surface area contributed by atoms with Gasteiger partial charge in [0, 0.05) is 6.61 Å². The maximum Gasteiger partial charge on any atom is 0.0431 e. The Morgan fingerprint density at radius 1 is 1.07 bits per heavy atom. The van der Waals surface area contributed by atoms with Gasteiger partial charge >= 0.3 is 0 Å². The van der Waals surface area contributed by atoms with Crippen LogP contribution < -0.4 is 0 Å². The molecular weight excluding hydrogens is 340 g/mol. The molecule has 2 rings (SSSR count). The predicted octanol–water partition coefficient (Wildman–Crippen LogP) is 7.20. The lowest BCUT2D eigenvalue weighted by Gasteiger charge is -2.09. The van der Waals surface area contributed by atoms with Gasteiger partial charge in [0.1, 0.15) is 0 Å². The first-order valence-corrected chi connectivity index (χ1v) is 10.4. The third kappa shape index (κ3) is 8.54. The summed E-state index contributed by atoms with van der Waals surface area (Å²) in [5, 5.41) is 8.93. The monoisotopic (exact) mass is 374 g/mol. The van der Waals surface area contributed by atoms with Gasteiger partial charge in [0.25, 0.3) is 0 Å². The van der Waals surface area contributed by atoms with Gasteiger partial charge in [-0.15, -0.1) is 6.58 Å². The smallest absolute Gasteiger partial charge is 0.0431 e. The largest absolute Gasteiger partial charge is 0.396 e. The lowest BCUT2D eigenvalue weighted by atomic mass is 9.96. The first-order chi connectivity index (χ1) is 13.7. The van der Waals surface area contributed by atoms with Gasteiger partial charge in [-0.05, 0) is 56.9 Å². The van der Waals surface area contributed by atoms with Crippen LogP contribution in [0.4, 0.5) is 0 Å². The lowest BCUT2D eigenvalue weighted by Crippen LogP contribution is -1.94. The molecule has 0 saturated carbocycles. The number of rotatable bonds is 11. The molecular formula is C27H34O. The Labute approximate surface area is 171 Å². The van der Waals surface area contributed by atoms with Crippen LogP contribution in [0.15, 0.2) is 96.2 Å². The summed E-state index contributed by atoms with van der Waals surface area (Å²) in [6.07, 6.45) is 24.0. The molecule has 1 aliphatic carbocycles. The predicted molar refractivity (Wildman–Crippen MR) is 123 cm³/mol. The highest BCUT2D eigenvalue weighted by atomic mass is 16.2. The summed E-state index contributed by atoms with van der Waals surface area (Å²) in [6.45, 7) is 6.48. The summed E-state index contributed by atoms with van der Waals surface area (Å²) < 4.78 is 0. The molecule has 1 nitrogen and oxygen atoms in total. The van der Waals surface area contributed by atoms with Crippen molar-refractivity contribution in [3.05, 3.63) is 102 Å². The number of unbranched alkanes of at least 4 members (excludes halogenated alkanes) is 1. The average molecular weight is 375 g/mol. The first kappa shape index (κ1) is 21.9. The Morgan fingerprint density at radius 2 is 1.79 bits per heavy atom. The average Bonchev–Trinajstić information content (AvgIpc) is 2.96. The Morgan fingerprint density at radius 3 is 2.46 bits per heavy atom. The van der Waals surface area contributed by atoms with Gasteiger partial charge in [0.05, 0.1) is 0 Å². The summed E-state index contributed by atoms with van der Waals surface area (Å²) in [7, 11) is 0. The molecule has 0 fully saturated rings. The van der Waals surface area contributed by atoms with E-state index in [0.29, 0.717) is 5.92 Å². The molecule has 0 aromatic heterocycles. The third-order valence-corrected chi connectivity index (χ3v) is 5.03. The lowest BCUT2D eigenvalue weighted by molar-refractivity contribution is 0.285. The fourth-order valence-electron chi connectivity index (χ4n) is 3.31. The van der Waals surface area contributed by atoms with Crippen molar-refractivity contribution in [1.82, 2.24) is 0 Å². The molecule has 1 heteroatoms. The molecule has 0 aliphatic heterocycles. The van der Waals surface area contributed by atoms with Crippen LogP contribution in [-0.2, 0) is 0 Å². The summed E-state index contributed by atoms with van der Waals surface area (Å²) in [5.74, 6) is 0.384. The standard InChI is InChI=1S/C27H34O/c1-3-24(22-23(2)15-16-25-10-5-4-6-11-25)17-18-27-14-9-13-26(19-20-27)12-7-8-21-28/h3-6,10-11,13-16,19-20,22,24,28H,1,7-9,12,17-18,21H2,2H3. The molecule has 1 unspecified atom stereocenters. The van der Waals surface area contributed by atoms with E-state index in [0.717, 1.165) is 38.5 Å². The van der Waals surface area contributed by atoms with Crippen molar-refractivity contribution in [2.45, 2.75) is 45.4 Å². The zero-order chi connectivity index (χ0) is 20.0. The van der Waals surface area contributed by atoms with Gasteiger partial charge < -0.3 is 5.11 Å². The molecule has 0 amide bonds. The minimum Gasteiger partial charge on any atom is -0.396 e. The number of allylic oxidation sites excluding steroid dienone is 10. The Balaban J connectivity index is 1.84. The van der Waals surface area contributed by atoms with E-state index in [1.165, 1.54) is 22.3 Å². The first-order valence-electron chi connectivity index (χ1n) is 10.4. The molecule has 0 bridgehead atoms. The van der Waals surface area contributed by atoms with Crippen LogP contribution >= 0.6 is 0 Å². The van der Waals surface area contributed by atoms with E-state index in [9.17, 15) is 0 Å². The van der Waals surface area contributed by atoms with Gasteiger partial charge in [-0.1, -0.05) is 95.7 Å². The van der Waals surface area contributed by atoms with Gasteiger partial charge in [-0.2, -0.15) is 0 Å². The van der Waals surface area contributed by atoms with Crippen molar-refractivity contribution in [2.75, 3.05) is 6.61 Å². The highest BCUT2D eigenvalue weighted by molar-refractivity contribution is 5.52. The van der Waals surface area contributed by atoms with Crippen LogP contribution in [0.1, 0.15) is 51.0 Å². The minimum absolute atomic E-state index is 0.289. The van der Waals surface area contributed by atoms with Gasteiger partial charge in [0.2, 0.25) is 0 Å². The van der Waals surface area contributed by atoms with E-state index >= 15 is 0 Å². The Hall–Kier alpha value is -2.38. The third-order valence-electron chi connectivity index (χ3n) is 5.03. The van der Waals surface area contributed by atoms with Crippen LogP contribution in [0.2, 0.25) is 0 Å². The fraction of sp³-hybridized carbons (Fsp3) is 0.333. The topological polar surface area (TPSA) is 20.2 Å². The highest BCUT2D eigenvalue weighted by Crippen LogP contribution is 2.22. The van der Waals surface area contributed by atoms with Crippen molar-refractivity contribution in [3.8, 4) is 0 Å². The molecule has 1 aliphatic rings. The van der Waals surface area contributed by atoms with Crippen LogP contribution in [0.3, 0.4) is 0 Å². The van der Waals surface area contributed by atoms with Crippen molar-refractivity contribution in [3.63, 3.8) is 0 Å². The number of aliphatic hydroxyl groups excluding tert-OH is 1. The molecule has 0 heterocycles. The van der Waals surface area contributed by atoms with Crippen molar-refractivity contribution in [2.24, 2.45) is 5.92 Å². The molecule has 28 heavy (non-hydrogen) atoms. The normalized spacial score (nSPS) is 15.9. The second kappa shape index (κ2) is 12.9. The summed E-state index contributed by atoms with van der Waals surface area (Å²) in [5.41, 5.74) is 5.29. The van der Waals surface area contributed by atoms with Crippen molar-refractivity contribution in [1.29, 1.82) is 0 Å². The van der Waals surface area contributed by atoms with E-state index < -0.39 is 0 Å². The summed E-state index contributed by atoms with van der Waals surface area (Å²) in [4.78, 5) is 0. The zero-order valence-electron chi connectivity index (χ0n) is 17.2. The van der Waals surface area contributed by atoms with E-state index in [1.807, 2.05) is 6.07 Å². The summed E-state index contributed by atoms with van der Waals surface area (Å²) in [6, 6.07) is 10.4. The summed E-state index contributed by atoms with van der Waals surface area (Å²) >= 11 is 0. The molecule has 1 aromatic rings. The maximum absolute atomic E-state index is 8.93.